The van der Waals surface area contributed by atoms with Crippen LogP contribution in [0.3, 0.4) is 0 Å². The maximum Gasteiger partial charge on any atom is 0.0747 e. The van der Waals surface area contributed by atoms with Gasteiger partial charge in [-0.25, -0.2) is 0 Å². The van der Waals surface area contributed by atoms with Crippen LogP contribution in [0, 0.1) is 0 Å². The smallest absolute Gasteiger partial charge is 0.0747 e. The van der Waals surface area contributed by atoms with E-state index in [-0.39, 0.29) is 0 Å². The summed E-state index contributed by atoms with van der Waals surface area (Å²) in [6, 6.07) is 5.70. The number of hydrogen-bond donors (Lipinski definition) is 1. The molecule has 1 aromatic carbocycles. The van der Waals surface area contributed by atoms with E-state index in [1.807, 2.05) is 18.2 Å². The predicted molar refractivity (Wildman–Crippen MR) is 72.7 cm³/mol. The van der Waals surface area contributed by atoms with Crippen LogP contribution in [0.5, 0.6) is 0 Å². The van der Waals surface area contributed by atoms with Crippen molar-refractivity contribution in [3.8, 4) is 0 Å². The van der Waals surface area contributed by atoms with Crippen molar-refractivity contribution in [3.63, 3.8) is 0 Å². The molecule has 0 radical (unpaired) electrons. The molecule has 0 spiro atoms. The van der Waals surface area contributed by atoms with Crippen LogP contribution in [0.25, 0.3) is 0 Å². The van der Waals surface area contributed by atoms with Crippen LogP contribution < -0.4 is 10.6 Å². The lowest BCUT2D eigenvalue weighted by atomic mass is 10.2. The first kappa shape index (κ1) is 12.5. The normalized spacial score (nSPS) is 21.3. The number of anilines is 2. The Bertz CT molecular complexity index is 384. The lowest BCUT2D eigenvalue weighted by molar-refractivity contribution is 0.0664. The van der Waals surface area contributed by atoms with Gasteiger partial charge in [0.1, 0.15) is 0 Å². The van der Waals surface area contributed by atoms with E-state index in [1.54, 1.807) is 0 Å². The number of nitrogen functional groups attached to an aromatic ring is 1. The van der Waals surface area contributed by atoms with Gasteiger partial charge in [0.2, 0.25) is 0 Å². The highest BCUT2D eigenvalue weighted by Crippen LogP contribution is 2.29. The van der Waals surface area contributed by atoms with E-state index in [0.29, 0.717) is 11.8 Å². The summed E-state index contributed by atoms with van der Waals surface area (Å²) >= 11 is 6.24. The van der Waals surface area contributed by atoms with Crippen molar-refractivity contribution < 1.29 is 4.74 Å². The van der Waals surface area contributed by atoms with Crippen LogP contribution in [-0.4, -0.2) is 25.8 Å². The number of nitrogens with two attached hydrogens (primary N) is 1. The standard InChI is InChI=1S/C13H19ClN2O/c1-2-11-9-16(6-3-7-17-11)13-5-4-10(15)8-12(13)14/h4-5,8,11H,2-3,6-7,9,15H2,1H3. The molecular formula is C13H19ClN2O. The van der Waals surface area contributed by atoms with Crippen LogP contribution in [-0.2, 0) is 4.74 Å². The quantitative estimate of drug-likeness (QED) is 0.825. The molecule has 3 nitrogen and oxygen atoms in total. The number of rotatable bonds is 2. The number of ether oxygens (including phenoxy) is 1. The molecule has 0 aliphatic carbocycles. The third-order valence-electron chi connectivity index (χ3n) is 3.12. The SMILES string of the molecule is CCC1CN(c2ccc(N)cc2Cl)CCCO1. The Morgan fingerprint density at radius 3 is 3.06 bits per heavy atom. The zero-order chi connectivity index (χ0) is 12.3. The minimum Gasteiger partial charge on any atom is -0.399 e. The van der Waals surface area contributed by atoms with Crippen LogP contribution in [0.1, 0.15) is 19.8 Å². The van der Waals surface area contributed by atoms with E-state index in [0.717, 1.165) is 43.2 Å². The molecule has 2 N–H and O–H groups in total. The molecule has 0 bridgehead atoms. The molecule has 1 heterocycles. The topological polar surface area (TPSA) is 38.5 Å². The molecule has 0 amide bonds. The molecule has 94 valence electrons. The van der Waals surface area contributed by atoms with Gasteiger partial charge >= 0.3 is 0 Å². The molecule has 1 aromatic rings. The minimum absolute atomic E-state index is 0.297. The van der Waals surface area contributed by atoms with E-state index in [2.05, 4.69) is 11.8 Å². The highest BCUT2D eigenvalue weighted by molar-refractivity contribution is 6.33. The van der Waals surface area contributed by atoms with E-state index in [1.165, 1.54) is 0 Å². The molecule has 1 aliphatic rings. The molecule has 1 atom stereocenters. The van der Waals surface area contributed by atoms with Gasteiger partial charge in [-0.3, -0.25) is 0 Å². The summed E-state index contributed by atoms with van der Waals surface area (Å²) in [6.07, 6.45) is 2.37. The van der Waals surface area contributed by atoms with Crippen molar-refractivity contribution >= 4 is 23.0 Å². The van der Waals surface area contributed by atoms with Gasteiger partial charge in [-0.15, -0.1) is 0 Å². The number of halogens is 1. The van der Waals surface area contributed by atoms with E-state index < -0.39 is 0 Å². The summed E-state index contributed by atoms with van der Waals surface area (Å²) in [5.74, 6) is 0. The van der Waals surface area contributed by atoms with E-state index in [9.17, 15) is 0 Å². The molecule has 1 aliphatic heterocycles. The van der Waals surface area contributed by atoms with Gasteiger partial charge in [-0.1, -0.05) is 18.5 Å². The Morgan fingerprint density at radius 2 is 2.35 bits per heavy atom. The van der Waals surface area contributed by atoms with Crippen molar-refractivity contribution in [2.24, 2.45) is 0 Å². The van der Waals surface area contributed by atoms with E-state index in [4.69, 9.17) is 22.1 Å². The Balaban J connectivity index is 2.19. The fourth-order valence-corrected chi connectivity index (χ4v) is 2.45. The van der Waals surface area contributed by atoms with Crippen molar-refractivity contribution in [2.45, 2.75) is 25.9 Å². The molecule has 1 saturated heterocycles. The molecular weight excluding hydrogens is 236 g/mol. The van der Waals surface area contributed by atoms with Gasteiger partial charge in [0.25, 0.3) is 0 Å². The molecule has 1 fully saturated rings. The Hall–Kier alpha value is -0.930. The first-order valence-corrected chi connectivity index (χ1v) is 6.50. The molecule has 1 unspecified atom stereocenters. The van der Waals surface area contributed by atoms with Crippen LogP contribution >= 0.6 is 11.6 Å². The first-order chi connectivity index (χ1) is 8.20. The second-order valence-corrected chi connectivity index (χ2v) is 4.82. The monoisotopic (exact) mass is 254 g/mol. The number of hydrogen-bond acceptors (Lipinski definition) is 3. The minimum atomic E-state index is 0.297. The van der Waals surface area contributed by atoms with Crippen molar-refractivity contribution in [1.29, 1.82) is 0 Å². The lowest BCUT2D eigenvalue weighted by Crippen LogP contribution is -2.31. The van der Waals surface area contributed by atoms with Gasteiger partial charge in [-0.2, -0.15) is 0 Å². The number of nitrogens with zero attached hydrogens (tertiary/aromatic N) is 1. The van der Waals surface area contributed by atoms with Gasteiger partial charge in [-0.05, 0) is 31.0 Å². The molecule has 17 heavy (non-hydrogen) atoms. The Kier molecular flexibility index (Phi) is 4.13. The van der Waals surface area contributed by atoms with Crippen molar-refractivity contribution in [3.05, 3.63) is 23.2 Å². The van der Waals surface area contributed by atoms with Gasteiger partial charge < -0.3 is 15.4 Å². The maximum atomic E-state index is 6.24. The highest BCUT2D eigenvalue weighted by Gasteiger charge is 2.19. The van der Waals surface area contributed by atoms with Crippen LogP contribution in [0.15, 0.2) is 18.2 Å². The Labute approximate surface area is 107 Å². The largest absolute Gasteiger partial charge is 0.399 e. The first-order valence-electron chi connectivity index (χ1n) is 6.12. The second kappa shape index (κ2) is 5.61. The third kappa shape index (κ3) is 3.05. The molecule has 4 heteroatoms. The third-order valence-corrected chi connectivity index (χ3v) is 3.42. The van der Waals surface area contributed by atoms with Crippen molar-refractivity contribution in [1.82, 2.24) is 0 Å². The van der Waals surface area contributed by atoms with Crippen LogP contribution in [0.2, 0.25) is 5.02 Å². The van der Waals surface area contributed by atoms with Gasteiger partial charge in [0, 0.05) is 25.4 Å². The molecule has 0 aromatic heterocycles. The van der Waals surface area contributed by atoms with Crippen molar-refractivity contribution in [2.75, 3.05) is 30.3 Å². The van der Waals surface area contributed by atoms with Crippen LogP contribution in [0.4, 0.5) is 11.4 Å². The Morgan fingerprint density at radius 1 is 1.53 bits per heavy atom. The zero-order valence-electron chi connectivity index (χ0n) is 10.2. The summed E-state index contributed by atoms with van der Waals surface area (Å²) in [5.41, 5.74) is 7.48. The summed E-state index contributed by atoms with van der Waals surface area (Å²) in [4.78, 5) is 2.29. The zero-order valence-corrected chi connectivity index (χ0v) is 10.9. The molecule has 0 saturated carbocycles. The summed E-state index contributed by atoms with van der Waals surface area (Å²) in [7, 11) is 0. The predicted octanol–water partition coefficient (Wildman–Crippen LogP) is 2.93. The van der Waals surface area contributed by atoms with Gasteiger partial charge in [0.05, 0.1) is 16.8 Å². The summed E-state index contributed by atoms with van der Waals surface area (Å²) < 4.78 is 5.76. The average molecular weight is 255 g/mol. The lowest BCUT2D eigenvalue weighted by Gasteiger charge is -2.26. The fourth-order valence-electron chi connectivity index (χ4n) is 2.14. The summed E-state index contributed by atoms with van der Waals surface area (Å²) in [5, 5.41) is 0.724. The van der Waals surface area contributed by atoms with Gasteiger partial charge in [0.15, 0.2) is 0 Å². The maximum absolute atomic E-state index is 6.24. The average Bonchev–Trinajstić information content (AvgIpc) is 2.54. The summed E-state index contributed by atoms with van der Waals surface area (Å²) in [6.45, 7) is 4.88. The molecule has 2 rings (SSSR count). The fraction of sp³-hybridized carbons (Fsp3) is 0.538. The van der Waals surface area contributed by atoms with E-state index >= 15 is 0 Å². The number of benzene rings is 1. The second-order valence-electron chi connectivity index (χ2n) is 4.41. The highest BCUT2D eigenvalue weighted by atomic mass is 35.5.